The minimum atomic E-state index is -0.980. The lowest BCUT2D eigenvalue weighted by molar-refractivity contribution is 0.0322. The molecule has 2 aromatic rings. The lowest BCUT2D eigenvalue weighted by atomic mass is 9.85. The Kier molecular flexibility index (Phi) is 5.97. The van der Waals surface area contributed by atoms with Crippen LogP contribution in [0.25, 0.3) is 11.1 Å². The van der Waals surface area contributed by atoms with Gasteiger partial charge in [-0.15, -0.1) is 0 Å². The van der Waals surface area contributed by atoms with E-state index in [1.54, 1.807) is 0 Å². The van der Waals surface area contributed by atoms with E-state index >= 15 is 0 Å². The van der Waals surface area contributed by atoms with E-state index in [0.717, 1.165) is 61.7 Å². The lowest BCUT2D eigenvalue weighted by Crippen LogP contribution is -2.38. The molecular formula is C24H30N2O4. The van der Waals surface area contributed by atoms with Crippen LogP contribution >= 0.6 is 0 Å². The maximum Gasteiger partial charge on any atom is 0.405 e. The number of nitrogens with one attached hydrogen (secondary N) is 1. The molecule has 0 radical (unpaired) electrons. The number of carboxylic acid groups (broad SMARTS) is 1. The topological polar surface area (TPSA) is 71.0 Å². The van der Waals surface area contributed by atoms with E-state index in [1.807, 2.05) is 12.1 Å². The van der Waals surface area contributed by atoms with E-state index in [4.69, 9.17) is 9.47 Å². The van der Waals surface area contributed by atoms with Crippen LogP contribution in [0.4, 0.5) is 4.79 Å². The third-order valence-corrected chi connectivity index (χ3v) is 6.10. The SMILES string of the molecule is CC1(C)Cc2cc(-c3cccc(OCCN4CCOCC4)c3)ccc2C1NC(=O)O. The van der Waals surface area contributed by atoms with E-state index in [-0.39, 0.29) is 11.5 Å². The van der Waals surface area contributed by atoms with Gasteiger partial charge in [-0.3, -0.25) is 4.90 Å². The third kappa shape index (κ3) is 4.60. The fraction of sp³-hybridized carbons (Fsp3) is 0.458. The number of ether oxygens (including phenoxy) is 2. The Morgan fingerprint density at radius 2 is 1.97 bits per heavy atom. The van der Waals surface area contributed by atoms with Gasteiger partial charge in [-0.2, -0.15) is 0 Å². The van der Waals surface area contributed by atoms with Crippen LogP contribution in [0.1, 0.15) is 31.0 Å². The molecule has 1 saturated heterocycles. The zero-order valence-corrected chi connectivity index (χ0v) is 17.7. The highest BCUT2D eigenvalue weighted by atomic mass is 16.5. The molecule has 2 aromatic carbocycles. The van der Waals surface area contributed by atoms with Crippen LogP contribution in [0.3, 0.4) is 0 Å². The first kappa shape index (κ1) is 20.7. The molecule has 2 N–H and O–H groups in total. The second kappa shape index (κ2) is 8.66. The highest BCUT2D eigenvalue weighted by molar-refractivity contribution is 5.69. The molecule has 1 unspecified atom stereocenters. The highest BCUT2D eigenvalue weighted by Gasteiger charge is 2.39. The number of benzene rings is 2. The van der Waals surface area contributed by atoms with Gasteiger partial charge in [-0.1, -0.05) is 44.2 Å². The van der Waals surface area contributed by atoms with Crippen molar-refractivity contribution in [3.63, 3.8) is 0 Å². The summed E-state index contributed by atoms with van der Waals surface area (Å²) in [7, 11) is 0. The van der Waals surface area contributed by atoms with Crippen molar-refractivity contribution in [3.05, 3.63) is 53.6 Å². The number of fused-ring (bicyclic) bond motifs is 1. The Hall–Kier alpha value is -2.57. The second-order valence-electron chi connectivity index (χ2n) is 8.79. The van der Waals surface area contributed by atoms with Crippen LogP contribution in [0.5, 0.6) is 5.75 Å². The summed E-state index contributed by atoms with van der Waals surface area (Å²) in [6.07, 6.45) is -0.136. The number of morpholine rings is 1. The normalized spacial score (nSPS) is 20.5. The molecule has 160 valence electrons. The molecule has 0 spiro atoms. The largest absolute Gasteiger partial charge is 0.492 e. The summed E-state index contributed by atoms with van der Waals surface area (Å²) < 4.78 is 11.4. The first-order chi connectivity index (χ1) is 14.4. The summed E-state index contributed by atoms with van der Waals surface area (Å²) in [6, 6.07) is 14.3. The molecule has 6 nitrogen and oxygen atoms in total. The summed E-state index contributed by atoms with van der Waals surface area (Å²) >= 11 is 0. The Labute approximate surface area is 177 Å². The minimum absolute atomic E-state index is 0.149. The van der Waals surface area contributed by atoms with Crippen molar-refractivity contribution < 1.29 is 19.4 Å². The van der Waals surface area contributed by atoms with Crippen molar-refractivity contribution in [2.75, 3.05) is 39.5 Å². The standard InChI is InChI=1S/C24H30N2O4/c1-24(2)16-19-14-18(6-7-21(19)22(24)25-23(27)28)17-4-3-5-20(15-17)30-13-10-26-8-11-29-12-9-26/h3-7,14-15,22,25H,8-13,16H2,1-2H3,(H,27,28). The van der Waals surface area contributed by atoms with E-state index in [9.17, 15) is 9.90 Å². The first-order valence-corrected chi connectivity index (χ1v) is 10.6. The molecule has 30 heavy (non-hydrogen) atoms. The van der Waals surface area contributed by atoms with Gasteiger partial charge < -0.3 is 19.9 Å². The fourth-order valence-corrected chi connectivity index (χ4v) is 4.51. The fourth-order valence-electron chi connectivity index (χ4n) is 4.51. The van der Waals surface area contributed by atoms with Crippen molar-refractivity contribution in [2.24, 2.45) is 5.41 Å². The molecule has 0 saturated carbocycles. The van der Waals surface area contributed by atoms with Crippen LogP contribution in [-0.4, -0.2) is 55.6 Å². The Balaban J connectivity index is 1.46. The first-order valence-electron chi connectivity index (χ1n) is 10.6. The number of hydrogen-bond donors (Lipinski definition) is 2. The number of carbonyl (C=O) groups is 1. The van der Waals surface area contributed by atoms with Gasteiger partial charge in [0, 0.05) is 19.6 Å². The molecule has 1 heterocycles. The number of nitrogens with zero attached hydrogens (tertiary/aromatic N) is 1. The maximum atomic E-state index is 11.2. The van der Waals surface area contributed by atoms with Gasteiger partial charge in [-0.05, 0) is 46.2 Å². The van der Waals surface area contributed by atoms with Crippen LogP contribution in [0.2, 0.25) is 0 Å². The van der Waals surface area contributed by atoms with Gasteiger partial charge >= 0.3 is 6.09 Å². The summed E-state index contributed by atoms with van der Waals surface area (Å²) in [5, 5.41) is 11.9. The predicted molar refractivity (Wildman–Crippen MR) is 116 cm³/mol. The lowest BCUT2D eigenvalue weighted by Gasteiger charge is -2.27. The molecule has 2 aliphatic rings. The summed E-state index contributed by atoms with van der Waals surface area (Å²) in [5.74, 6) is 0.868. The van der Waals surface area contributed by atoms with E-state index in [1.165, 1.54) is 5.56 Å². The zero-order valence-electron chi connectivity index (χ0n) is 17.7. The smallest absolute Gasteiger partial charge is 0.405 e. The minimum Gasteiger partial charge on any atom is -0.492 e. The van der Waals surface area contributed by atoms with E-state index < -0.39 is 6.09 Å². The molecule has 1 aliphatic heterocycles. The van der Waals surface area contributed by atoms with Gasteiger partial charge in [0.05, 0.1) is 19.3 Å². The molecule has 4 rings (SSSR count). The van der Waals surface area contributed by atoms with Crippen LogP contribution in [0.15, 0.2) is 42.5 Å². The number of rotatable bonds is 6. The average molecular weight is 411 g/mol. The predicted octanol–water partition coefficient (Wildman–Crippen LogP) is 3.96. The average Bonchev–Trinajstić information content (AvgIpc) is 2.97. The van der Waals surface area contributed by atoms with Gasteiger partial charge in [0.25, 0.3) is 0 Å². The molecule has 0 aromatic heterocycles. The molecule has 1 atom stereocenters. The molecule has 1 fully saturated rings. The Morgan fingerprint density at radius 1 is 1.20 bits per heavy atom. The molecule has 6 heteroatoms. The molecule has 1 amide bonds. The van der Waals surface area contributed by atoms with Crippen molar-refractivity contribution in [1.82, 2.24) is 10.2 Å². The quantitative estimate of drug-likeness (QED) is 0.754. The Morgan fingerprint density at radius 3 is 2.73 bits per heavy atom. The highest BCUT2D eigenvalue weighted by Crippen LogP contribution is 2.46. The number of amides is 1. The van der Waals surface area contributed by atoms with Gasteiger partial charge in [0.2, 0.25) is 0 Å². The van der Waals surface area contributed by atoms with Gasteiger partial charge in [-0.25, -0.2) is 4.79 Å². The van der Waals surface area contributed by atoms with E-state index in [0.29, 0.717) is 6.61 Å². The Bertz CT molecular complexity index is 906. The van der Waals surface area contributed by atoms with Gasteiger partial charge in [0.15, 0.2) is 0 Å². The van der Waals surface area contributed by atoms with Crippen LogP contribution in [0, 0.1) is 5.41 Å². The van der Waals surface area contributed by atoms with Crippen molar-refractivity contribution in [2.45, 2.75) is 26.3 Å². The van der Waals surface area contributed by atoms with Gasteiger partial charge in [0.1, 0.15) is 12.4 Å². The zero-order chi connectivity index (χ0) is 21.1. The monoisotopic (exact) mass is 410 g/mol. The molecule has 1 aliphatic carbocycles. The molecule has 0 bridgehead atoms. The van der Waals surface area contributed by atoms with Crippen LogP contribution < -0.4 is 10.1 Å². The van der Waals surface area contributed by atoms with Crippen molar-refractivity contribution in [3.8, 4) is 16.9 Å². The van der Waals surface area contributed by atoms with Crippen LogP contribution in [-0.2, 0) is 11.2 Å². The van der Waals surface area contributed by atoms with Crippen molar-refractivity contribution in [1.29, 1.82) is 0 Å². The number of hydrogen-bond acceptors (Lipinski definition) is 4. The summed E-state index contributed by atoms with van der Waals surface area (Å²) in [4.78, 5) is 13.6. The molecular weight excluding hydrogens is 380 g/mol. The summed E-state index contributed by atoms with van der Waals surface area (Å²) in [6.45, 7) is 9.30. The summed E-state index contributed by atoms with van der Waals surface area (Å²) in [5.41, 5.74) is 4.36. The van der Waals surface area contributed by atoms with Crippen molar-refractivity contribution >= 4 is 6.09 Å². The second-order valence-corrected chi connectivity index (χ2v) is 8.79. The third-order valence-electron chi connectivity index (χ3n) is 6.10. The van der Waals surface area contributed by atoms with E-state index in [2.05, 4.69) is 54.4 Å². The maximum absolute atomic E-state index is 11.2.